The van der Waals surface area contributed by atoms with E-state index in [-0.39, 0.29) is 5.91 Å². The fraction of sp³-hybridized carbons (Fsp3) is 0.500. The van der Waals surface area contributed by atoms with Crippen molar-refractivity contribution in [2.45, 2.75) is 25.7 Å². The minimum atomic E-state index is -0.0119. The molecule has 0 bridgehead atoms. The third-order valence-corrected chi connectivity index (χ3v) is 3.88. The quantitative estimate of drug-likeness (QED) is 0.630. The first-order valence-corrected chi connectivity index (χ1v) is 7.24. The number of hydrogen-bond donors (Lipinski definition) is 2. The Balaban J connectivity index is 1.81. The summed E-state index contributed by atoms with van der Waals surface area (Å²) < 4.78 is 0. The fourth-order valence-corrected chi connectivity index (χ4v) is 2.57. The molecule has 1 saturated carbocycles. The van der Waals surface area contributed by atoms with E-state index in [0.29, 0.717) is 11.4 Å². The van der Waals surface area contributed by atoms with Crippen LogP contribution in [0.3, 0.4) is 0 Å². The summed E-state index contributed by atoms with van der Waals surface area (Å²) in [4.78, 5) is 12.6. The number of rotatable bonds is 5. The lowest BCUT2D eigenvalue weighted by Crippen LogP contribution is -2.24. The van der Waals surface area contributed by atoms with E-state index in [2.05, 4.69) is 17.2 Å². The fourth-order valence-electron chi connectivity index (χ4n) is 1.81. The van der Waals surface area contributed by atoms with Gasteiger partial charge in [0.15, 0.2) is 0 Å². The van der Waals surface area contributed by atoms with E-state index < -0.39 is 0 Å². The van der Waals surface area contributed by atoms with E-state index in [1.54, 1.807) is 0 Å². The molecule has 3 nitrogen and oxygen atoms in total. The Kier molecular flexibility index (Phi) is 4.80. The second-order valence-corrected chi connectivity index (χ2v) is 5.43. The van der Waals surface area contributed by atoms with Crippen LogP contribution in [0.2, 0.25) is 0 Å². The molecule has 1 aliphatic carbocycles. The van der Waals surface area contributed by atoms with Crippen molar-refractivity contribution in [1.82, 2.24) is 5.32 Å². The van der Waals surface area contributed by atoms with Crippen molar-refractivity contribution in [3.8, 4) is 11.8 Å². The highest BCUT2D eigenvalue weighted by Gasteiger charge is 2.20. The number of nitrogens with one attached hydrogen (secondary N) is 1. The third kappa shape index (κ3) is 3.86. The van der Waals surface area contributed by atoms with Crippen LogP contribution < -0.4 is 11.1 Å². The molecular weight excluding hydrogens is 244 g/mol. The van der Waals surface area contributed by atoms with Crippen molar-refractivity contribution < 1.29 is 4.79 Å². The maximum absolute atomic E-state index is 12.0. The molecule has 0 aromatic carbocycles. The lowest BCUT2D eigenvalue weighted by Gasteiger charge is -2.03. The molecule has 1 aromatic rings. The van der Waals surface area contributed by atoms with Crippen molar-refractivity contribution in [2.24, 2.45) is 11.7 Å². The van der Waals surface area contributed by atoms with Gasteiger partial charge in [0, 0.05) is 12.1 Å². The van der Waals surface area contributed by atoms with Crippen LogP contribution >= 0.6 is 11.3 Å². The second kappa shape index (κ2) is 6.58. The minimum absolute atomic E-state index is 0.0119. The van der Waals surface area contributed by atoms with E-state index in [1.165, 1.54) is 30.6 Å². The second-order valence-electron chi connectivity index (χ2n) is 4.51. The molecule has 3 N–H and O–H groups in total. The van der Waals surface area contributed by atoms with Gasteiger partial charge >= 0.3 is 0 Å². The van der Waals surface area contributed by atoms with Gasteiger partial charge in [-0.2, -0.15) is 0 Å². The number of hydrogen-bond acceptors (Lipinski definition) is 3. The normalized spacial score (nSPS) is 13.8. The molecule has 96 valence electrons. The van der Waals surface area contributed by atoms with Crippen molar-refractivity contribution in [2.75, 3.05) is 13.1 Å². The van der Waals surface area contributed by atoms with E-state index in [1.807, 2.05) is 11.4 Å². The van der Waals surface area contributed by atoms with Crippen molar-refractivity contribution in [1.29, 1.82) is 0 Å². The predicted octanol–water partition coefficient (Wildman–Crippen LogP) is 1.98. The average molecular weight is 262 g/mol. The Morgan fingerprint density at radius 3 is 3.11 bits per heavy atom. The molecule has 18 heavy (non-hydrogen) atoms. The lowest BCUT2D eigenvalue weighted by molar-refractivity contribution is 0.0956. The Morgan fingerprint density at radius 1 is 1.56 bits per heavy atom. The van der Waals surface area contributed by atoms with Crippen LogP contribution in [-0.4, -0.2) is 19.0 Å². The van der Waals surface area contributed by atoms with E-state index in [0.717, 1.165) is 24.4 Å². The van der Waals surface area contributed by atoms with Gasteiger partial charge in [-0.25, -0.2) is 0 Å². The number of amides is 1. The zero-order valence-corrected chi connectivity index (χ0v) is 11.2. The molecule has 0 saturated heterocycles. The van der Waals surface area contributed by atoms with Crippen LogP contribution in [0, 0.1) is 17.8 Å². The summed E-state index contributed by atoms with van der Waals surface area (Å²) in [5, 5.41) is 4.85. The van der Waals surface area contributed by atoms with Gasteiger partial charge in [0.1, 0.15) is 4.88 Å². The molecule has 1 aliphatic rings. The van der Waals surface area contributed by atoms with Gasteiger partial charge in [0.25, 0.3) is 5.91 Å². The van der Waals surface area contributed by atoms with Crippen LogP contribution in [0.5, 0.6) is 0 Å². The Bertz CT molecular complexity index is 466. The molecule has 0 atom stereocenters. The lowest BCUT2D eigenvalue weighted by atomic mass is 10.2. The minimum Gasteiger partial charge on any atom is -0.351 e. The molecule has 1 fully saturated rings. The van der Waals surface area contributed by atoms with Gasteiger partial charge < -0.3 is 11.1 Å². The summed E-state index contributed by atoms with van der Waals surface area (Å²) >= 11 is 1.43. The first-order valence-electron chi connectivity index (χ1n) is 6.36. The number of nitrogens with two attached hydrogens (primary N) is 1. The highest BCUT2D eigenvalue weighted by molar-refractivity contribution is 7.12. The van der Waals surface area contributed by atoms with E-state index in [4.69, 9.17) is 5.73 Å². The molecule has 4 heteroatoms. The van der Waals surface area contributed by atoms with Crippen LogP contribution in [0.25, 0.3) is 0 Å². The van der Waals surface area contributed by atoms with Gasteiger partial charge in [-0.05, 0) is 30.2 Å². The third-order valence-electron chi connectivity index (χ3n) is 2.97. The first-order chi connectivity index (χ1) is 8.81. The SMILES string of the molecule is NCC#Cc1ccsc1C(=O)NCCCC1CC1. The largest absolute Gasteiger partial charge is 0.351 e. The van der Waals surface area contributed by atoms with Gasteiger partial charge in [0.2, 0.25) is 0 Å². The molecule has 0 unspecified atom stereocenters. The predicted molar refractivity (Wildman–Crippen MR) is 74.5 cm³/mol. The monoisotopic (exact) mass is 262 g/mol. The van der Waals surface area contributed by atoms with Crippen LogP contribution in [0.1, 0.15) is 40.9 Å². The van der Waals surface area contributed by atoms with Gasteiger partial charge in [-0.15, -0.1) is 11.3 Å². The summed E-state index contributed by atoms with van der Waals surface area (Å²) in [5.41, 5.74) is 6.12. The summed E-state index contributed by atoms with van der Waals surface area (Å²) in [5.74, 6) is 6.62. The molecule has 1 heterocycles. The zero-order valence-electron chi connectivity index (χ0n) is 10.4. The van der Waals surface area contributed by atoms with Crippen molar-refractivity contribution in [3.05, 3.63) is 21.9 Å². The summed E-state index contributed by atoms with van der Waals surface area (Å²) in [6, 6.07) is 1.87. The van der Waals surface area contributed by atoms with E-state index in [9.17, 15) is 4.79 Å². The average Bonchev–Trinajstić information content (AvgIpc) is 3.08. The van der Waals surface area contributed by atoms with E-state index >= 15 is 0 Å². The van der Waals surface area contributed by atoms with Crippen molar-refractivity contribution >= 4 is 17.2 Å². The highest BCUT2D eigenvalue weighted by Crippen LogP contribution is 2.33. The number of carbonyl (C=O) groups excluding carboxylic acids is 1. The summed E-state index contributed by atoms with van der Waals surface area (Å²) in [6.45, 7) is 1.08. The maximum Gasteiger partial charge on any atom is 0.262 e. The zero-order chi connectivity index (χ0) is 12.8. The number of carbonyl (C=O) groups is 1. The van der Waals surface area contributed by atoms with Gasteiger partial charge in [0.05, 0.1) is 6.54 Å². The highest BCUT2D eigenvalue weighted by atomic mass is 32.1. The molecule has 1 aromatic heterocycles. The molecule has 0 aliphatic heterocycles. The van der Waals surface area contributed by atoms with Crippen molar-refractivity contribution in [3.63, 3.8) is 0 Å². The van der Waals surface area contributed by atoms with Crippen LogP contribution in [0.4, 0.5) is 0 Å². The molecule has 0 radical (unpaired) electrons. The van der Waals surface area contributed by atoms with Gasteiger partial charge in [-0.3, -0.25) is 4.79 Å². The Labute approximate surface area is 112 Å². The Morgan fingerprint density at radius 2 is 2.39 bits per heavy atom. The number of thiophene rings is 1. The van der Waals surface area contributed by atoms with Gasteiger partial charge in [-0.1, -0.05) is 24.7 Å². The molecular formula is C14H18N2OS. The smallest absolute Gasteiger partial charge is 0.262 e. The van der Waals surface area contributed by atoms with Crippen LogP contribution in [0.15, 0.2) is 11.4 Å². The maximum atomic E-state index is 12.0. The summed E-state index contributed by atoms with van der Waals surface area (Å²) in [7, 11) is 0. The topological polar surface area (TPSA) is 55.1 Å². The first kappa shape index (κ1) is 13.1. The molecule has 0 spiro atoms. The van der Waals surface area contributed by atoms with Crippen LogP contribution in [-0.2, 0) is 0 Å². The molecule has 2 rings (SSSR count). The standard InChI is InChI=1S/C14H18N2OS/c15-8-1-4-12-7-10-18-13(12)14(17)16-9-2-3-11-5-6-11/h7,10-11H,2-3,5-6,8-9,15H2,(H,16,17). The Hall–Kier alpha value is -1.31. The molecule has 1 amide bonds. The summed E-state index contributed by atoms with van der Waals surface area (Å²) in [6.07, 6.45) is 5.06.